The van der Waals surface area contributed by atoms with Crippen molar-refractivity contribution in [2.45, 2.75) is 46.1 Å². The van der Waals surface area contributed by atoms with Crippen molar-refractivity contribution in [3.05, 3.63) is 0 Å². The van der Waals surface area contributed by atoms with Gasteiger partial charge in [-0.15, -0.1) is 0 Å². The van der Waals surface area contributed by atoms with E-state index in [2.05, 4.69) is 32.7 Å². The summed E-state index contributed by atoms with van der Waals surface area (Å²) in [6.45, 7) is 9.03. The number of nitrogens with two attached hydrogens (primary N) is 1. The van der Waals surface area contributed by atoms with Gasteiger partial charge in [0, 0.05) is 12.6 Å². The maximum Gasteiger partial charge on any atom is 0.00104 e. The molecule has 0 bridgehead atoms. The second-order valence-corrected chi connectivity index (χ2v) is 4.63. The molecule has 0 amide bonds. The van der Waals surface area contributed by atoms with Gasteiger partial charge in [-0.25, -0.2) is 0 Å². The molecule has 0 aliphatic carbocycles. The molecule has 0 radical (unpaired) electrons. The first kappa shape index (κ1) is 12.9. The minimum Gasteiger partial charge on any atom is -0.328 e. The normalized spacial score (nSPS) is 14.1. The molecule has 0 spiro atoms. The third-order valence-electron chi connectivity index (χ3n) is 2.13. The van der Waals surface area contributed by atoms with Crippen molar-refractivity contribution >= 4 is 0 Å². The summed E-state index contributed by atoms with van der Waals surface area (Å²) >= 11 is 0. The Morgan fingerprint density at radius 2 is 1.77 bits per heavy atom. The Bertz CT molecular complexity index is 111. The standard InChI is InChI=1S/C11H26N2/c1-10(2)9-13(4)8-6-5-7-11(3)12/h10-11H,5-9,12H2,1-4H3. The summed E-state index contributed by atoms with van der Waals surface area (Å²) in [7, 11) is 2.20. The molecule has 0 aromatic carbocycles. The van der Waals surface area contributed by atoms with E-state index in [0.717, 1.165) is 12.3 Å². The predicted octanol–water partition coefficient (Wildman–Crippen LogP) is 2.09. The maximum absolute atomic E-state index is 5.68. The highest BCUT2D eigenvalue weighted by molar-refractivity contribution is 4.57. The van der Waals surface area contributed by atoms with Crippen LogP contribution in [-0.4, -0.2) is 31.1 Å². The monoisotopic (exact) mass is 186 g/mol. The fourth-order valence-electron chi connectivity index (χ4n) is 1.56. The lowest BCUT2D eigenvalue weighted by atomic mass is 10.1. The van der Waals surface area contributed by atoms with Gasteiger partial charge in [0.25, 0.3) is 0 Å². The summed E-state index contributed by atoms with van der Waals surface area (Å²) in [5, 5.41) is 0. The topological polar surface area (TPSA) is 29.3 Å². The van der Waals surface area contributed by atoms with Crippen molar-refractivity contribution in [1.82, 2.24) is 4.90 Å². The van der Waals surface area contributed by atoms with Crippen molar-refractivity contribution < 1.29 is 0 Å². The van der Waals surface area contributed by atoms with Gasteiger partial charge in [0.1, 0.15) is 0 Å². The minimum absolute atomic E-state index is 0.371. The molecule has 1 unspecified atom stereocenters. The zero-order valence-electron chi connectivity index (χ0n) is 9.71. The predicted molar refractivity (Wildman–Crippen MR) is 59.8 cm³/mol. The van der Waals surface area contributed by atoms with Crippen LogP contribution in [0.4, 0.5) is 0 Å². The smallest absolute Gasteiger partial charge is 0.00104 e. The Balaban J connectivity index is 3.22. The maximum atomic E-state index is 5.68. The van der Waals surface area contributed by atoms with Gasteiger partial charge in [-0.1, -0.05) is 20.3 Å². The van der Waals surface area contributed by atoms with Gasteiger partial charge in [-0.2, -0.15) is 0 Å². The Labute approximate surface area is 83.5 Å². The van der Waals surface area contributed by atoms with Gasteiger partial charge in [0.2, 0.25) is 0 Å². The van der Waals surface area contributed by atoms with Gasteiger partial charge in [0.15, 0.2) is 0 Å². The highest BCUT2D eigenvalue weighted by atomic mass is 15.1. The fourth-order valence-corrected chi connectivity index (χ4v) is 1.56. The molecule has 0 saturated heterocycles. The average Bonchev–Trinajstić information content (AvgIpc) is 1.96. The van der Waals surface area contributed by atoms with E-state index < -0.39 is 0 Å². The molecule has 2 N–H and O–H groups in total. The number of hydrogen-bond donors (Lipinski definition) is 1. The fraction of sp³-hybridized carbons (Fsp3) is 1.00. The zero-order chi connectivity index (χ0) is 10.3. The second kappa shape index (κ2) is 7.34. The minimum atomic E-state index is 0.371. The van der Waals surface area contributed by atoms with Crippen molar-refractivity contribution in [2.24, 2.45) is 11.7 Å². The molecule has 0 aliphatic heterocycles. The molecule has 13 heavy (non-hydrogen) atoms. The van der Waals surface area contributed by atoms with Gasteiger partial charge < -0.3 is 10.6 Å². The Morgan fingerprint density at radius 1 is 1.15 bits per heavy atom. The second-order valence-electron chi connectivity index (χ2n) is 4.63. The summed E-state index contributed by atoms with van der Waals surface area (Å²) in [5.74, 6) is 0.776. The largest absolute Gasteiger partial charge is 0.328 e. The van der Waals surface area contributed by atoms with Crippen LogP contribution in [0.3, 0.4) is 0 Å². The Morgan fingerprint density at radius 3 is 2.23 bits per heavy atom. The summed E-state index contributed by atoms with van der Waals surface area (Å²) in [5.41, 5.74) is 5.68. The SMILES string of the molecule is CC(C)CN(C)CCCCC(C)N. The average molecular weight is 186 g/mol. The number of hydrogen-bond acceptors (Lipinski definition) is 2. The molecule has 0 saturated carbocycles. The first-order valence-corrected chi connectivity index (χ1v) is 5.46. The molecular weight excluding hydrogens is 160 g/mol. The van der Waals surface area contributed by atoms with E-state index in [1.807, 2.05) is 0 Å². The van der Waals surface area contributed by atoms with Crippen LogP contribution in [0, 0.1) is 5.92 Å². The van der Waals surface area contributed by atoms with Crippen LogP contribution < -0.4 is 5.73 Å². The van der Waals surface area contributed by atoms with E-state index in [9.17, 15) is 0 Å². The lowest BCUT2D eigenvalue weighted by Crippen LogP contribution is -2.24. The summed E-state index contributed by atoms with van der Waals surface area (Å²) < 4.78 is 0. The molecule has 0 heterocycles. The number of rotatable bonds is 7. The zero-order valence-corrected chi connectivity index (χ0v) is 9.71. The van der Waals surface area contributed by atoms with E-state index in [1.165, 1.54) is 25.9 Å². The third-order valence-corrected chi connectivity index (χ3v) is 2.13. The molecule has 0 fully saturated rings. The van der Waals surface area contributed by atoms with Crippen LogP contribution in [0.2, 0.25) is 0 Å². The van der Waals surface area contributed by atoms with Gasteiger partial charge >= 0.3 is 0 Å². The van der Waals surface area contributed by atoms with Crippen LogP contribution in [0.5, 0.6) is 0 Å². The third kappa shape index (κ3) is 9.84. The van der Waals surface area contributed by atoms with Crippen molar-refractivity contribution in [1.29, 1.82) is 0 Å². The quantitative estimate of drug-likeness (QED) is 0.617. The lowest BCUT2D eigenvalue weighted by molar-refractivity contribution is 0.288. The molecule has 0 aliphatic rings. The molecule has 0 rings (SSSR count). The number of unbranched alkanes of at least 4 members (excludes halogenated alkanes) is 1. The van der Waals surface area contributed by atoms with Crippen molar-refractivity contribution in [3.8, 4) is 0 Å². The van der Waals surface area contributed by atoms with E-state index in [0.29, 0.717) is 6.04 Å². The molecule has 0 aromatic heterocycles. The van der Waals surface area contributed by atoms with Crippen LogP contribution in [0.1, 0.15) is 40.0 Å². The van der Waals surface area contributed by atoms with Gasteiger partial charge in [0.05, 0.1) is 0 Å². The van der Waals surface area contributed by atoms with Crippen molar-refractivity contribution in [2.75, 3.05) is 20.1 Å². The molecule has 80 valence electrons. The summed E-state index contributed by atoms with van der Waals surface area (Å²) in [6.07, 6.45) is 3.71. The van der Waals surface area contributed by atoms with Crippen LogP contribution in [0.25, 0.3) is 0 Å². The highest BCUT2D eigenvalue weighted by Crippen LogP contribution is 2.01. The van der Waals surface area contributed by atoms with Crippen molar-refractivity contribution in [3.63, 3.8) is 0 Å². The summed E-state index contributed by atoms with van der Waals surface area (Å²) in [6, 6.07) is 0.371. The van der Waals surface area contributed by atoms with Gasteiger partial charge in [-0.05, 0) is 39.3 Å². The molecular formula is C11H26N2. The van der Waals surface area contributed by atoms with E-state index in [4.69, 9.17) is 5.73 Å². The Kier molecular flexibility index (Phi) is 7.29. The molecule has 0 aromatic rings. The number of nitrogens with zero attached hydrogens (tertiary/aromatic N) is 1. The van der Waals surface area contributed by atoms with E-state index >= 15 is 0 Å². The van der Waals surface area contributed by atoms with E-state index in [1.54, 1.807) is 0 Å². The molecule has 1 atom stereocenters. The Hall–Kier alpha value is -0.0800. The molecule has 2 heteroatoms. The van der Waals surface area contributed by atoms with Crippen LogP contribution in [0.15, 0.2) is 0 Å². The highest BCUT2D eigenvalue weighted by Gasteiger charge is 2.01. The summed E-state index contributed by atoms with van der Waals surface area (Å²) in [4.78, 5) is 2.41. The first-order valence-electron chi connectivity index (χ1n) is 5.46. The lowest BCUT2D eigenvalue weighted by Gasteiger charge is -2.18. The van der Waals surface area contributed by atoms with Crippen LogP contribution in [-0.2, 0) is 0 Å². The van der Waals surface area contributed by atoms with Gasteiger partial charge in [-0.3, -0.25) is 0 Å². The van der Waals surface area contributed by atoms with Crippen LogP contribution >= 0.6 is 0 Å². The van der Waals surface area contributed by atoms with E-state index in [-0.39, 0.29) is 0 Å². The molecule has 2 nitrogen and oxygen atoms in total. The first-order chi connectivity index (χ1) is 6.02.